The Hall–Kier alpha value is -2.62. The SMILES string of the molecule is COc1ccc(C(=O)COC(=O)CNC(=O)c2ccccc2I)c(OC)c1. The Morgan fingerprint density at radius 1 is 1.00 bits per heavy atom. The monoisotopic (exact) mass is 483 g/mol. The van der Waals surface area contributed by atoms with Crippen molar-refractivity contribution < 1.29 is 28.6 Å². The van der Waals surface area contributed by atoms with Gasteiger partial charge in [-0.3, -0.25) is 14.4 Å². The van der Waals surface area contributed by atoms with Crippen molar-refractivity contribution in [2.75, 3.05) is 27.4 Å². The fraction of sp³-hybridized carbons (Fsp3) is 0.211. The Morgan fingerprint density at radius 3 is 2.41 bits per heavy atom. The maximum atomic E-state index is 12.2. The highest BCUT2D eigenvalue weighted by Crippen LogP contribution is 2.24. The summed E-state index contributed by atoms with van der Waals surface area (Å²) in [6, 6.07) is 11.7. The molecule has 2 rings (SSSR count). The molecule has 2 aromatic rings. The molecule has 1 amide bonds. The van der Waals surface area contributed by atoms with E-state index < -0.39 is 18.4 Å². The van der Waals surface area contributed by atoms with E-state index in [1.54, 1.807) is 30.3 Å². The summed E-state index contributed by atoms with van der Waals surface area (Å²) in [5, 5.41) is 2.47. The molecule has 142 valence electrons. The topological polar surface area (TPSA) is 90.9 Å². The molecular formula is C19H18INO6. The molecule has 1 N–H and O–H groups in total. The van der Waals surface area contributed by atoms with Crippen LogP contribution in [-0.2, 0) is 9.53 Å². The summed E-state index contributed by atoms with van der Waals surface area (Å²) < 4.78 is 15.9. The number of nitrogens with one attached hydrogen (secondary N) is 1. The lowest BCUT2D eigenvalue weighted by molar-refractivity contribution is -0.141. The van der Waals surface area contributed by atoms with Crippen molar-refractivity contribution in [1.29, 1.82) is 0 Å². The Bertz CT molecular complexity index is 852. The van der Waals surface area contributed by atoms with Gasteiger partial charge in [0.2, 0.25) is 5.78 Å². The first-order chi connectivity index (χ1) is 13.0. The van der Waals surface area contributed by atoms with Gasteiger partial charge in [-0.1, -0.05) is 12.1 Å². The van der Waals surface area contributed by atoms with Gasteiger partial charge in [-0.15, -0.1) is 0 Å². The first kappa shape index (κ1) is 20.7. The predicted molar refractivity (Wildman–Crippen MR) is 106 cm³/mol. The zero-order valence-corrected chi connectivity index (χ0v) is 16.9. The number of ether oxygens (including phenoxy) is 3. The van der Waals surface area contributed by atoms with Crippen molar-refractivity contribution in [3.05, 3.63) is 57.2 Å². The third-order valence-corrected chi connectivity index (χ3v) is 4.53. The van der Waals surface area contributed by atoms with E-state index in [0.717, 1.165) is 3.57 Å². The van der Waals surface area contributed by atoms with Crippen LogP contribution in [0.25, 0.3) is 0 Å². The van der Waals surface area contributed by atoms with Crippen LogP contribution in [0, 0.1) is 3.57 Å². The van der Waals surface area contributed by atoms with E-state index in [-0.39, 0.29) is 18.0 Å². The number of hydrogen-bond acceptors (Lipinski definition) is 6. The van der Waals surface area contributed by atoms with Crippen molar-refractivity contribution in [1.82, 2.24) is 5.32 Å². The van der Waals surface area contributed by atoms with Crippen LogP contribution in [-0.4, -0.2) is 45.0 Å². The molecule has 0 bridgehead atoms. The van der Waals surface area contributed by atoms with Crippen molar-refractivity contribution in [3.63, 3.8) is 0 Å². The average Bonchev–Trinajstić information content (AvgIpc) is 2.69. The number of hydrogen-bond donors (Lipinski definition) is 1. The van der Waals surface area contributed by atoms with Crippen LogP contribution in [0.2, 0.25) is 0 Å². The molecule has 7 nitrogen and oxygen atoms in total. The first-order valence-corrected chi connectivity index (χ1v) is 8.97. The summed E-state index contributed by atoms with van der Waals surface area (Å²) in [6.45, 7) is -0.795. The molecule has 0 aliphatic carbocycles. The lowest BCUT2D eigenvalue weighted by atomic mass is 10.1. The minimum atomic E-state index is -0.713. The lowest BCUT2D eigenvalue weighted by Gasteiger charge is -2.10. The van der Waals surface area contributed by atoms with Gasteiger partial charge in [-0.05, 0) is 46.9 Å². The molecule has 0 aliphatic rings. The van der Waals surface area contributed by atoms with E-state index in [9.17, 15) is 14.4 Å². The number of Topliss-reactive ketones (excluding diaryl/α,β-unsaturated/α-hetero) is 1. The molecule has 8 heteroatoms. The number of benzene rings is 2. The normalized spacial score (nSPS) is 10.0. The van der Waals surface area contributed by atoms with Gasteiger partial charge in [0.1, 0.15) is 18.0 Å². The van der Waals surface area contributed by atoms with Crippen LogP contribution < -0.4 is 14.8 Å². The van der Waals surface area contributed by atoms with Gasteiger partial charge in [0.15, 0.2) is 6.61 Å². The van der Waals surface area contributed by atoms with E-state index in [2.05, 4.69) is 5.32 Å². The van der Waals surface area contributed by atoms with Crippen molar-refractivity contribution in [3.8, 4) is 11.5 Å². The highest BCUT2D eigenvalue weighted by molar-refractivity contribution is 14.1. The molecule has 0 atom stereocenters. The Balaban J connectivity index is 1.87. The van der Waals surface area contributed by atoms with Crippen LogP contribution in [0.1, 0.15) is 20.7 Å². The zero-order valence-electron chi connectivity index (χ0n) is 14.8. The molecule has 0 saturated heterocycles. The summed E-state index contributed by atoms with van der Waals surface area (Å²) in [5.74, 6) is -0.664. The third kappa shape index (κ3) is 5.68. The first-order valence-electron chi connectivity index (χ1n) is 7.89. The second-order valence-electron chi connectivity index (χ2n) is 5.31. The van der Waals surface area contributed by atoms with Gasteiger partial charge >= 0.3 is 5.97 Å². The highest BCUT2D eigenvalue weighted by Gasteiger charge is 2.16. The second kappa shape index (κ2) is 9.91. The maximum absolute atomic E-state index is 12.2. The number of esters is 1. The summed E-state index contributed by atoms with van der Waals surface area (Å²) in [5.41, 5.74) is 0.735. The van der Waals surface area contributed by atoms with Gasteiger partial charge in [0.25, 0.3) is 5.91 Å². The molecule has 0 saturated carbocycles. The summed E-state index contributed by atoms with van der Waals surface area (Å²) in [7, 11) is 2.93. The van der Waals surface area contributed by atoms with Crippen LogP contribution >= 0.6 is 22.6 Å². The maximum Gasteiger partial charge on any atom is 0.325 e. The van der Waals surface area contributed by atoms with Crippen LogP contribution in [0.4, 0.5) is 0 Å². The van der Waals surface area contributed by atoms with E-state index >= 15 is 0 Å². The van der Waals surface area contributed by atoms with E-state index in [4.69, 9.17) is 14.2 Å². The molecule has 0 unspecified atom stereocenters. The van der Waals surface area contributed by atoms with Crippen molar-refractivity contribution in [2.24, 2.45) is 0 Å². The van der Waals surface area contributed by atoms with Gasteiger partial charge in [0.05, 0.1) is 25.3 Å². The number of halogens is 1. The zero-order chi connectivity index (χ0) is 19.8. The number of amides is 1. The smallest absolute Gasteiger partial charge is 0.325 e. The second-order valence-corrected chi connectivity index (χ2v) is 6.47. The number of carbonyl (C=O) groups excluding carboxylic acids is 3. The van der Waals surface area contributed by atoms with Crippen LogP contribution in [0.3, 0.4) is 0 Å². The molecule has 0 aliphatic heterocycles. The molecule has 0 radical (unpaired) electrons. The van der Waals surface area contributed by atoms with Gasteiger partial charge in [0, 0.05) is 9.64 Å². The number of carbonyl (C=O) groups is 3. The quantitative estimate of drug-likeness (QED) is 0.353. The fourth-order valence-corrected chi connectivity index (χ4v) is 2.83. The number of methoxy groups -OCH3 is 2. The van der Waals surface area contributed by atoms with Gasteiger partial charge in [-0.25, -0.2) is 0 Å². The predicted octanol–water partition coefficient (Wildman–Crippen LogP) is 2.46. The lowest BCUT2D eigenvalue weighted by Crippen LogP contribution is -2.32. The average molecular weight is 483 g/mol. The van der Waals surface area contributed by atoms with Gasteiger partial charge < -0.3 is 19.5 Å². The van der Waals surface area contributed by atoms with E-state index in [1.165, 1.54) is 20.3 Å². The summed E-state index contributed by atoms with van der Waals surface area (Å²) in [6.07, 6.45) is 0. The standard InChI is InChI=1S/C19H18INO6/c1-25-12-7-8-14(17(9-12)26-2)16(22)11-27-18(23)10-21-19(24)13-5-3-4-6-15(13)20/h3-9H,10-11H2,1-2H3,(H,21,24). The minimum absolute atomic E-state index is 0.272. The van der Waals surface area contributed by atoms with Gasteiger partial charge in [-0.2, -0.15) is 0 Å². The number of rotatable bonds is 8. The summed E-state index contributed by atoms with van der Waals surface area (Å²) >= 11 is 2.03. The molecule has 2 aromatic carbocycles. The number of ketones is 1. The molecule has 0 spiro atoms. The Labute approximate surface area is 170 Å². The van der Waals surface area contributed by atoms with E-state index in [0.29, 0.717) is 17.1 Å². The van der Waals surface area contributed by atoms with Crippen molar-refractivity contribution in [2.45, 2.75) is 0 Å². The van der Waals surface area contributed by atoms with E-state index in [1.807, 2.05) is 28.7 Å². The minimum Gasteiger partial charge on any atom is -0.497 e. The fourth-order valence-electron chi connectivity index (χ4n) is 2.20. The molecule has 0 heterocycles. The Morgan fingerprint density at radius 2 is 1.74 bits per heavy atom. The largest absolute Gasteiger partial charge is 0.497 e. The Kier molecular flexibility index (Phi) is 7.59. The van der Waals surface area contributed by atoms with Crippen LogP contribution in [0.5, 0.6) is 11.5 Å². The molecule has 27 heavy (non-hydrogen) atoms. The van der Waals surface area contributed by atoms with Crippen molar-refractivity contribution >= 4 is 40.3 Å². The van der Waals surface area contributed by atoms with Crippen LogP contribution in [0.15, 0.2) is 42.5 Å². The third-order valence-electron chi connectivity index (χ3n) is 3.59. The molecular weight excluding hydrogens is 465 g/mol. The molecule has 0 aromatic heterocycles. The highest BCUT2D eigenvalue weighted by atomic mass is 127. The molecule has 0 fully saturated rings. The summed E-state index contributed by atoms with van der Waals surface area (Å²) in [4.78, 5) is 36.1.